The van der Waals surface area contributed by atoms with Crippen molar-refractivity contribution in [3.05, 3.63) is 42.5 Å². The summed E-state index contributed by atoms with van der Waals surface area (Å²) in [5.74, 6) is 0.699. The molecule has 1 N–H and O–H groups in total. The van der Waals surface area contributed by atoms with Gasteiger partial charge in [-0.1, -0.05) is 43.3 Å². The molecule has 2 aromatic carbocycles. The second kappa shape index (κ2) is 7.80. The van der Waals surface area contributed by atoms with Gasteiger partial charge in [0.25, 0.3) is 5.91 Å². The summed E-state index contributed by atoms with van der Waals surface area (Å²) >= 11 is 0. The first-order valence-corrected chi connectivity index (χ1v) is 7.68. The molecule has 0 radical (unpaired) electrons. The van der Waals surface area contributed by atoms with Crippen LogP contribution in [0.2, 0.25) is 0 Å². The number of hydrogen-bond donors (Lipinski definition) is 1. The number of rotatable bonds is 7. The Bertz CT molecular complexity index is 620. The second-order valence-corrected chi connectivity index (χ2v) is 5.59. The lowest BCUT2D eigenvalue weighted by atomic mass is 10.1. The zero-order valence-electron chi connectivity index (χ0n) is 13.5. The number of likely N-dealkylation sites (N-methyl/N-ethyl adjacent to an activating group) is 1. The molecule has 0 aliphatic carbocycles. The lowest BCUT2D eigenvalue weighted by Gasteiger charge is -2.19. The summed E-state index contributed by atoms with van der Waals surface area (Å²) < 4.78 is 5.97. The molecule has 0 heterocycles. The van der Waals surface area contributed by atoms with E-state index in [1.807, 2.05) is 68.4 Å². The van der Waals surface area contributed by atoms with E-state index in [4.69, 9.17) is 4.74 Å². The summed E-state index contributed by atoms with van der Waals surface area (Å²) in [7, 11) is 3.96. The van der Waals surface area contributed by atoms with Crippen LogP contribution < -0.4 is 10.1 Å². The van der Waals surface area contributed by atoms with Crippen LogP contribution in [0.15, 0.2) is 42.5 Å². The smallest absolute Gasteiger partial charge is 0.261 e. The molecule has 0 fully saturated rings. The number of amides is 1. The van der Waals surface area contributed by atoms with E-state index >= 15 is 0 Å². The van der Waals surface area contributed by atoms with Gasteiger partial charge in [0.2, 0.25) is 0 Å². The van der Waals surface area contributed by atoms with Crippen LogP contribution in [0.3, 0.4) is 0 Å². The molecule has 0 aliphatic rings. The van der Waals surface area contributed by atoms with Gasteiger partial charge in [-0.3, -0.25) is 4.79 Å². The Kier molecular flexibility index (Phi) is 5.78. The summed E-state index contributed by atoms with van der Waals surface area (Å²) in [6, 6.07) is 13.9. The van der Waals surface area contributed by atoms with E-state index in [-0.39, 0.29) is 5.91 Å². The Morgan fingerprint density at radius 2 is 1.91 bits per heavy atom. The van der Waals surface area contributed by atoms with E-state index in [0.717, 1.165) is 23.1 Å². The molecule has 0 aromatic heterocycles. The first-order valence-electron chi connectivity index (χ1n) is 7.68. The van der Waals surface area contributed by atoms with Gasteiger partial charge >= 0.3 is 0 Å². The highest BCUT2D eigenvalue weighted by Gasteiger charge is 2.18. The van der Waals surface area contributed by atoms with E-state index in [0.29, 0.717) is 13.0 Å². The Labute approximate surface area is 132 Å². The SMILES string of the molecule is CC[C@H](Oc1cccc2ccccc12)C(=O)NCCN(C)C. The van der Waals surface area contributed by atoms with Crippen molar-refractivity contribution in [3.63, 3.8) is 0 Å². The normalized spacial score (nSPS) is 12.4. The van der Waals surface area contributed by atoms with Crippen molar-refractivity contribution >= 4 is 16.7 Å². The third-order valence-electron chi connectivity index (χ3n) is 3.54. The van der Waals surface area contributed by atoms with Crippen LogP contribution in [-0.2, 0) is 4.79 Å². The molecule has 2 rings (SSSR count). The minimum atomic E-state index is -0.465. The number of nitrogens with one attached hydrogen (secondary N) is 1. The number of carbonyl (C=O) groups is 1. The average molecular weight is 300 g/mol. The van der Waals surface area contributed by atoms with E-state index < -0.39 is 6.10 Å². The van der Waals surface area contributed by atoms with Gasteiger partial charge in [-0.25, -0.2) is 0 Å². The Morgan fingerprint density at radius 3 is 2.64 bits per heavy atom. The number of benzene rings is 2. The van der Waals surface area contributed by atoms with Crippen molar-refractivity contribution in [2.75, 3.05) is 27.2 Å². The van der Waals surface area contributed by atoms with Crippen molar-refractivity contribution in [1.82, 2.24) is 10.2 Å². The number of ether oxygens (including phenoxy) is 1. The molecule has 4 heteroatoms. The fraction of sp³-hybridized carbons (Fsp3) is 0.389. The third kappa shape index (κ3) is 4.21. The maximum Gasteiger partial charge on any atom is 0.261 e. The molecule has 0 saturated carbocycles. The lowest BCUT2D eigenvalue weighted by Crippen LogP contribution is -2.40. The predicted molar refractivity (Wildman–Crippen MR) is 90.2 cm³/mol. The molecule has 0 spiro atoms. The van der Waals surface area contributed by atoms with Crippen LogP contribution in [0.4, 0.5) is 0 Å². The van der Waals surface area contributed by atoms with Crippen molar-refractivity contribution in [3.8, 4) is 5.75 Å². The van der Waals surface area contributed by atoms with Crippen LogP contribution in [0, 0.1) is 0 Å². The Morgan fingerprint density at radius 1 is 1.18 bits per heavy atom. The van der Waals surface area contributed by atoms with Gasteiger partial charge in [0.05, 0.1) is 0 Å². The fourth-order valence-electron chi connectivity index (χ4n) is 2.29. The van der Waals surface area contributed by atoms with Crippen molar-refractivity contribution in [2.24, 2.45) is 0 Å². The number of hydrogen-bond acceptors (Lipinski definition) is 3. The first kappa shape index (κ1) is 16.3. The highest BCUT2D eigenvalue weighted by atomic mass is 16.5. The molecule has 2 aromatic rings. The average Bonchev–Trinajstić information content (AvgIpc) is 2.52. The zero-order chi connectivity index (χ0) is 15.9. The summed E-state index contributed by atoms with van der Waals surface area (Å²) in [5, 5.41) is 5.07. The molecule has 0 unspecified atom stereocenters. The molecular formula is C18H24N2O2. The third-order valence-corrected chi connectivity index (χ3v) is 3.54. The maximum absolute atomic E-state index is 12.2. The highest BCUT2D eigenvalue weighted by Crippen LogP contribution is 2.26. The maximum atomic E-state index is 12.2. The molecule has 4 nitrogen and oxygen atoms in total. The van der Waals surface area contributed by atoms with Crippen LogP contribution >= 0.6 is 0 Å². The summed E-state index contributed by atoms with van der Waals surface area (Å²) in [5.41, 5.74) is 0. The molecular weight excluding hydrogens is 276 g/mol. The van der Waals surface area contributed by atoms with Crippen LogP contribution in [0.5, 0.6) is 5.75 Å². The van der Waals surface area contributed by atoms with Crippen LogP contribution in [-0.4, -0.2) is 44.1 Å². The predicted octanol–water partition coefficient (Wildman–Crippen LogP) is 2.68. The van der Waals surface area contributed by atoms with Gasteiger partial charge in [0.15, 0.2) is 6.10 Å². The molecule has 1 atom stereocenters. The minimum absolute atomic E-state index is 0.0581. The zero-order valence-corrected chi connectivity index (χ0v) is 13.5. The summed E-state index contributed by atoms with van der Waals surface area (Å²) in [6.07, 6.45) is 0.171. The minimum Gasteiger partial charge on any atom is -0.480 e. The molecule has 118 valence electrons. The monoisotopic (exact) mass is 300 g/mol. The van der Waals surface area contributed by atoms with Gasteiger partial charge in [-0.15, -0.1) is 0 Å². The standard InChI is InChI=1S/C18H24N2O2/c1-4-16(18(21)19-12-13-20(2)3)22-17-11-7-9-14-8-5-6-10-15(14)17/h5-11,16H,4,12-13H2,1-3H3,(H,19,21)/t16-/m0/s1. The number of nitrogens with zero attached hydrogens (tertiary/aromatic N) is 1. The van der Waals surface area contributed by atoms with Gasteiger partial charge < -0.3 is 15.0 Å². The topological polar surface area (TPSA) is 41.6 Å². The van der Waals surface area contributed by atoms with Gasteiger partial charge in [0, 0.05) is 18.5 Å². The van der Waals surface area contributed by atoms with E-state index in [1.165, 1.54) is 0 Å². The van der Waals surface area contributed by atoms with Gasteiger partial charge in [-0.2, -0.15) is 0 Å². The van der Waals surface area contributed by atoms with Gasteiger partial charge in [-0.05, 0) is 32.0 Å². The summed E-state index contributed by atoms with van der Waals surface area (Å²) in [4.78, 5) is 14.3. The first-order chi connectivity index (χ1) is 10.6. The Hall–Kier alpha value is -2.07. The molecule has 0 aliphatic heterocycles. The molecule has 0 bridgehead atoms. The number of carbonyl (C=O) groups excluding carboxylic acids is 1. The Balaban J connectivity index is 2.07. The van der Waals surface area contributed by atoms with Crippen molar-refractivity contribution in [2.45, 2.75) is 19.4 Å². The van der Waals surface area contributed by atoms with Crippen molar-refractivity contribution < 1.29 is 9.53 Å². The van der Waals surface area contributed by atoms with E-state index in [9.17, 15) is 4.79 Å². The van der Waals surface area contributed by atoms with Crippen molar-refractivity contribution in [1.29, 1.82) is 0 Å². The quantitative estimate of drug-likeness (QED) is 0.855. The van der Waals surface area contributed by atoms with Crippen LogP contribution in [0.25, 0.3) is 10.8 Å². The van der Waals surface area contributed by atoms with Crippen LogP contribution in [0.1, 0.15) is 13.3 Å². The molecule has 22 heavy (non-hydrogen) atoms. The lowest BCUT2D eigenvalue weighted by molar-refractivity contribution is -0.128. The summed E-state index contributed by atoms with van der Waals surface area (Å²) in [6.45, 7) is 3.40. The highest BCUT2D eigenvalue weighted by molar-refractivity contribution is 5.89. The molecule has 0 saturated heterocycles. The second-order valence-electron chi connectivity index (χ2n) is 5.59. The van der Waals surface area contributed by atoms with E-state index in [2.05, 4.69) is 5.32 Å². The van der Waals surface area contributed by atoms with E-state index in [1.54, 1.807) is 0 Å². The van der Waals surface area contributed by atoms with Gasteiger partial charge in [0.1, 0.15) is 5.75 Å². The molecule has 1 amide bonds. The fourth-order valence-corrected chi connectivity index (χ4v) is 2.29. The largest absolute Gasteiger partial charge is 0.480 e. The number of fused-ring (bicyclic) bond motifs is 1.